The highest BCUT2D eigenvalue weighted by Gasteiger charge is 2.45. The number of anilines is 4. The number of benzene rings is 2. The summed E-state index contributed by atoms with van der Waals surface area (Å²) >= 11 is 13.7. The molecule has 0 radical (unpaired) electrons. The third-order valence-electron chi connectivity index (χ3n) is 10.0. The largest absolute Gasteiger partial charge is 0.381 e. The third-order valence-corrected chi connectivity index (χ3v) is 11.8. The molecule has 0 unspecified atom stereocenters. The number of carbonyl (C=O) groups excluding carboxylic acids is 3. The van der Waals surface area contributed by atoms with Crippen LogP contribution in [0, 0.1) is 18.2 Å². The minimum absolute atomic E-state index is 0.206. The summed E-state index contributed by atoms with van der Waals surface area (Å²) in [6, 6.07) is 14.6. The number of carbonyl (C=O) groups is 3. The first-order valence-electron chi connectivity index (χ1n) is 17.1. The molecule has 0 aliphatic carbocycles. The number of aryl methyl sites for hydroxylation is 1. The molecule has 10 nitrogen and oxygen atoms in total. The van der Waals surface area contributed by atoms with E-state index in [1.807, 2.05) is 13.0 Å². The maximum Gasteiger partial charge on any atom is 0.265 e. The second-order valence-electron chi connectivity index (χ2n) is 13.6. The first-order valence-corrected chi connectivity index (χ1v) is 18.7. The number of aromatic nitrogens is 2. The third kappa shape index (κ3) is 6.88. The topological polar surface area (TPSA) is 117 Å². The number of nitrogens with zero attached hydrogens (tertiary/aromatic N) is 4. The molecule has 14 heteroatoms. The van der Waals surface area contributed by atoms with Gasteiger partial charge in [0.15, 0.2) is 0 Å². The molecule has 3 aliphatic heterocycles. The van der Waals surface area contributed by atoms with E-state index in [9.17, 15) is 18.8 Å². The molecule has 2 N–H and O–H groups in total. The van der Waals surface area contributed by atoms with Crippen LogP contribution in [0.3, 0.4) is 0 Å². The smallest absolute Gasteiger partial charge is 0.265 e. The Morgan fingerprint density at radius 3 is 2.40 bits per heavy atom. The van der Waals surface area contributed by atoms with Crippen molar-refractivity contribution in [3.8, 4) is 10.4 Å². The molecule has 2 aromatic carbocycles. The normalized spacial score (nSPS) is 15.9. The van der Waals surface area contributed by atoms with Crippen LogP contribution in [0.25, 0.3) is 10.4 Å². The van der Waals surface area contributed by atoms with Gasteiger partial charge in [0.25, 0.3) is 17.7 Å². The van der Waals surface area contributed by atoms with Gasteiger partial charge in [-0.2, -0.15) is 0 Å². The van der Waals surface area contributed by atoms with Gasteiger partial charge in [-0.1, -0.05) is 23.2 Å². The number of amides is 3. The van der Waals surface area contributed by atoms with Crippen molar-refractivity contribution >= 4 is 75.1 Å². The number of ether oxygens (including phenoxy) is 1. The zero-order valence-electron chi connectivity index (χ0n) is 28.5. The lowest BCUT2D eigenvalue weighted by molar-refractivity contribution is -0.000511. The number of pyridine rings is 2. The molecular formula is C39H33Cl2FN6O4S. The lowest BCUT2D eigenvalue weighted by Crippen LogP contribution is -2.59. The van der Waals surface area contributed by atoms with Crippen molar-refractivity contribution < 1.29 is 23.5 Å². The Morgan fingerprint density at radius 2 is 1.66 bits per heavy atom. The Balaban J connectivity index is 0.991. The summed E-state index contributed by atoms with van der Waals surface area (Å²) in [5, 5.41) is 6.15. The molecule has 6 heterocycles. The fourth-order valence-corrected chi connectivity index (χ4v) is 8.81. The summed E-state index contributed by atoms with van der Waals surface area (Å²) in [7, 11) is 0. The Kier molecular flexibility index (Phi) is 9.40. The molecule has 0 bridgehead atoms. The second-order valence-corrected chi connectivity index (χ2v) is 15.5. The van der Waals surface area contributed by atoms with E-state index in [4.69, 9.17) is 27.9 Å². The average molecular weight is 772 g/mol. The summed E-state index contributed by atoms with van der Waals surface area (Å²) < 4.78 is 20.3. The Labute approximate surface area is 318 Å². The molecule has 2 fully saturated rings. The highest BCUT2D eigenvalue weighted by atomic mass is 35.5. The van der Waals surface area contributed by atoms with E-state index in [-0.39, 0.29) is 39.5 Å². The molecule has 5 aromatic rings. The van der Waals surface area contributed by atoms with Crippen LogP contribution < -0.4 is 20.4 Å². The van der Waals surface area contributed by atoms with Crippen LogP contribution in [0.1, 0.15) is 54.4 Å². The summed E-state index contributed by atoms with van der Waals surface area (Å²) in [4.78, 5) is 54.3. The molecule has 0 saturated carbocycles. The van der Waals surface area contributed by atoms with Crippen LogP contribution in [0.4, 0.5) is 27.3 Å². The number of rotatable bonds is 6. The number of halogens is 3. The number of thiophene rings is 1. The highest BCUT2D eigenvalue weighted by molar-refractivity contribution is 7.17. The van der Waals surface area contributed by atoms with Crippen molar-refractivity contribution in [3.05, 3.63) is 116 Å². The van der Waals surface area contributed by atoms with Crippen LogP contribution in [0.15, 0.2) is 73.2 Å². The molecule has 0 atom stereocenters. The van der Waals surface area contributed by atoms with E-state index in [0.717, 1.165) is 55.1 Å². The summed E-state index contributed by atoms with van der Waals surface area (Å²) in [6.07, 6.45) is 7.00. The van der Waals surface area contributed by atoms with Crippen molar-refractivity contribution in [2.45, 2.75) is 26.2 Å². The van der Waals surface area contributed by atoms with Gasteiger partial charge in [-0.15, -0.1) is 11.3 Å². The zero-order chi connectivity index (χ0) is 36.9. The van der Waals surface area contributed by atoms with Gasteiger partial charge in [0.05, 0.1) is 31.9 Å². The minimum atomic E-state index is -0.495. The SMILES string of the molecule is Cc1cnc(N2CC3(CCOCC3)C2)c(C(=O)Nc2ccc(C(=O)N3CCc4cc(C(=O)Nc5c(Cl)cncc5Cl)sc4-c4ccc(F)cc43)cc2)c1. The quantitative estimate of drug-likeness (QED) is 0.179. The molecular weight excluding hydrogens is 738 g/mol. The number of hydrogen-bond donors (Lipinski definition) is 2. The predicted octanol–water partition coefficient (Wildman–Crippen LogP) is 8.28. The van der Waals surface area contributed by atoms with Crippen LogP contribution in [0.2, 0.25) is 10.0 Å². The maximum atomic E-state index is 14.7. The Bertz CT molecular complexity index is 2250. The highest BCUT2D eigenvalue weighted by Crippen LogP contribution is 2.44. The van der Waals surface area contributed by atoms with Gasteiger partial charge in [-0.05, 0) is 91.9 Å². The van der Waals surface area contributed by atoms with Crippen LogP contribution >= 0.6 is 34.5 Å². The second kappa shape index (κ2) is 14.2. The lowest BCUT2D eigenvalue weighted by atomic mass is 9.73. The molecule has 3 aliphatic rings. The van der Waals surface area contributed by atoms with Gasteiger partial charge in [-0.3, -0.25) is 19.4 Å². The molecule has 8 rings (SSSR count). The molecule has 1 spiro atoms. The minimum Gasteiger partial charge on any atom is -0.381 e. The van der Waals surface area contributed by atoms with Crippen molar-refractivity contribution in [2.75, 3.05) is 53.3 Å². The Morgan fingerprint density at radius 1 is 0.925 bits per heavy atom. The summed E-state index contributed by atoms with van der Waals surface area (Å²) in [5.74, 6) is -0.847. The molecule has 2 saturated heterocycles. The average Bonchev–Trinajstić information content (AvgIpc) is 3.51. The van der Waals surface area contributed by atoms with Crippen molar-refractivity contribution in [1.82, 2.24) is 9.97 Å². The van der Waals surface area contributed by atoms with E-state index in [2.05, 4.69) is 25.5 Å². The van der Waals surface area contributed by atoms with Gasteiger partial charge in [0, 0.05) is 78.5 Å². The van der Waals surface area contributed by atoms with Crippen LogP contribution in [-0.4, -0.2) is 60.5 Å². The fraction of sp³-hybridized carbons (Fsp3) is 0.256. The molecule has 270 valence electrons. The van der Waals surface area contributed by atoms with E-state index in [0.29, 0.717) is 45.2 Å². The van der Waals surface area contributed by atoms with E-state index >= 15 is 0 Å². The number of fused-ring (bicyclic) bond motifs is 3. The van der Waals surface area contributed by atoms with Gasteiger partial charge in [0.1, 0.15) is 11.6 Å². The van der Waals surface area contributed by atoms with Crippen LogP contribution in [-0.2, 0) is 11.2 Å². The molecule has 3 aromatic heterocycles. The Hall–Kier alpha value is -4.88. The fourth-order valence-electron chi connectivity index (χ4n) is 7.21. The van der Waals surface area contributed by atoms with E-state index < -0.39 is 11.7 Å². The van der Waals surface area contributed by atoms with E-state index in [1.54, 1.807) is 47.5 Å². The van der Waals surface area contributed by atoms with Gasteiger partial charge >= 0.3 is 0 Å². The predicted molar refractivity (Wildman–Crippen MR) is 205 cm³/mol. The first kappa shape index (κ1) is 35.2. The van der Waals surface area contributed by atoms with Crippen LogP contribution in [0.5, 0.6) is 0 Å². The van der Waals surface area contributed by atoms with Crippen molar-refractivity contribution in [2.24, 2.45) is 5.41 Å². The monoisotopic (exact) mass is 770 g/mol. The standard InChI is InChI=1S/C39H33Cl2FN6O4S/c1-22-14-28(35(44-17-22)47-20-39(21-47)9-12-52-13-10-39)36(49)45-26-5-2-23(3-6-26)38(51)48-11-8-24-15-32(37(50)46-33-29(40)18-43-19-30(33)41)53-34(24)27-7-4-25(42)16-31(27)48/h2-7,14-19H,8-13,20-21H2,1H3,(H,45,49)(H,43,46,50). The lowest BCUT2D eigenvalue weighted by Gasteiger charge is -2.53. The zero-order valence-corrected chi connectivity index (χ0v) is 30.9. The molecule has 3 amide bonds. The van der Waals surface area contributed by atoms with Gasteiger partial charge in [-0.25, -0.2) is 9.37 Å². The van der Waals surface area contributed by atoms with Gasteiger partial charge in [0.2, 0.25) is 0 Å². The summed E-state index contributed by atoms with van der Waals surface area (Å²) in [6.45, 7) is 5.36. The number of hydrogen-bond acceptors (Lipinski definition) is 8. The maximum absolute atomic E-state index is 14.7. The number of nitrogens with one attached hydrogen (secondary N) is 2. The molecule has 53 heavy (non-hydrogen) atoms. The van der Waals surface area contributed by atoms with E-state index in [1.165, 1.54) is 35.9 Å². The van der Waals surface area contributed by atoms with Crippen molar-refractivity contribution in [3.63, 3.8) is 0 Å². The van der Waals surface area contributed by atoms with Crippen molar-refractivity contribution in [1.29, 1.82) is 0 Å². The first-order chi connectivity index (χ1) is 25.6. The summed E-state index contributed by atoms with van der Waals surface area (Å²) in [5.41, 5.74) is 4.62. The van der Waals surface area contributed by atoms with Gasteiger partial charge < -0.3 is 25.2 Å².